The summed E-state index contributed by atoms with van der Waals surface area (Å²) in [4.78, 5) is 15.1. The molecule has 0 aromatic heterocycles. The Morgan fingerprint density at radius 3 is 2.45 bits per heavy atom. The van der Waals surface area contributed by atoms with Crippen molar-refractivity contribution in [3.05, 3.63) is 29.8 Å². The molecule has 3 aliphatic rings. The van der Waals surface area contributed by atoms with Gasteiger partial charge in [0, 0.05) is 31.7 Å². The number of carbonyl (C=O) groups excluding carboxylic acids is 1. The average Bonchev–Trinajstić information content (AvgIpc) is 2.73. The molecular formula is C22H32N2O4S. The minimum absolute atomic E-state index is 0.0173. The Labute approximate surface area is 174 Å². The van der Waals surface area contributed by atoms with Crippen LogP contribution < -0.4 is 4.74 Å². The lowest BCUT2D eigenvalue weighted by Gasteiger charge is -2.41. The van der Waals surface area contributed by atoms with Gasteiger partial charge in [-0.05, 0) is 55.7 Å². The molecule has 2 atom stereocenters. The van der Waals surface area contributed by atoms with Crippen LogP contribution in [0.4, 0.5) is 0 Å². The van der Waals surface area contributed by atoms with Crippen molar-refractivity contribution >= 4 is 15.9 Å². The zero-order valence-electron chi connectivity index (χ0n) is 17.3. The Kier molecular flexibility index (Phi) is 6.16. The van der Waals surface area contributed by atoms with Crippen molar-refractivity contribution in [3.63, 3.8) is 0 Å². The average molecular weight is 421 g/mol. The third kappa shape index (κ3) is 4.94. The summed E-state index contributed by atoms with van der Waals surface area (Å²) in [5.41, 5.74) is 0.685. The Balaban J connectivity index is 1.36. The summed E-state index contributed by atoms with van der Waals surface area (Å²) >= 11 is 0. The fraction of sp³-hybridized carbons (Fsp3) is 0.682. The molecule has 0 N–H and O–H groups in total. The number of benzene rings is 1. The van der Waals surface area contributed by atoms with Crippen LogP contribution >= 0.6 is 0 Å². The Hall–Kier alpha value is -1.60. The molecule has 1 aromatic carbocycles. The van der Waals surface area contributed by atoms with Crippen LogP contribution in [0.5, 0.6) is 5.75 Å². The van der Waals surface area contributed by atoms with E-state index in [1.54, 1.807) is 0 Å². The van der Waals surface area contributed by atoms with E-state index < -0.39 is 10.0 Å². The first kappa shape index (κ1) is 20.7. The molecule has 1 amide bonds. The minimum atomic E-state index is -3.13. The van der Waals surface area contributed by atoms with Gasteiger partial charge in [-0.2, -0.15) is 0 Å². The molecule has 2 aliphatic heterocycles. The molecule has 0 radical (unpaired) electrons. The van der Waals surface area contributed by atoms with E-state index in [2.05, 4.69) is 0 Å². The van der Waals surface area contributed by atoms with Crippen molar-refractivity contribution in [2.24, 2.45) is 11.8 Å². The van der Waals surface area contributed by atoms with Gasteiger partial charge in [0.15, 0.2) is 0 Å². The molecule has 0 bridgehead atoms. The van der Waals surface area contributed by atoms with Crippen molar-refractivity contribution in [1.82, 2.24) is 9.21 Å². The summed E-state index contributed by atoms with van der Waals surface area (Å²) in [5.74, 6) is 2.27. The van der Waals surface area contributed by atoms with Crippen molar-refractivity contribution < 1.29 is 17.9 Å². The van der Waals surface area contributed by atoms with E-state index in [1.807, 2.05) is 29.2 Å². The van der Waals surface area contributed by atoms with Crippen LogP contribution in [0.1, 0.15) is 55.3 Å². The first-order chi connectivity index (χ1) is 13.9. The van der Waals surface area contributed by atoms with E-state index in [9.17, 15) is 13.2 Å². The van der Waals surface area contributed by atoms with Gasteiger partial charge in [0.1, 0.15) is 11.9 Å². The third-order valence-electron chi connectivity index (χ3n) is 6.83. The van der Waals surface area contributed by atoms with Gasteiger partial charge in [-0.1, -0.05) is 25.3 Å². The zero-order valence-corrected chi connectivity index (χ0v) is 18.1. The predicted octanol–water partition coefficient (Wildman–Crippen LogP) is 3.14. The smallest absolute Gasteiger partial charge is 0.253 e. The molecule has 29 heavy (non-hydrogen) atoms. The summed E-state index contributed by atoms with van der Waals surface area (Å²) in [6.45, 7) is 2.71. The number of sulfonamides is 1. The topological polar surface area (TPSA) is 66.9 Å². The molecular weight excluding hydrogens is 388 g/mol. The highest BCUT2D eigenvalue weighted by atomic mass is 32.2. The second-order valence-electron chi connectivity index (χ2n) is 8.85. The number of carbonyl (C=O) groups is 1. The quantitative estimate of drug-likeness (QED) is 0.751. The first-order valence-electron chi connectivity index (χ1n) is 10.9. The molecule has 4 rings (SSSR count). The number of rotatable bonds is 4. The Bertz CT molecular complexity index is 833. The molecule has 0 spiro atoms. The van der Waals surface area contributed by atoms with E-state index in [4.69, 9.17) is 4.74 Å². The maximum absolute atomic E-state index is 13.1. The van der Waals surface area contributed by atoms with Gasteiger partial charge in [0.25, 0.3) is 5.91 Å². The lowest BCUT2D eigenvalue weighted by atomic mass is 9.75. The fourth-order valence-corrected chi connectivity index (χ4v) is 6.02. The predicted molar refractivity (Wildman–Crippen MR) is 112 cm³/mol. The molecule has 2 heterocycles. The Morgan fingerprint density at radius 2 is 1.72 bits per heavy atom. The highest BCUT2D eigenvalue weighted by molar-refractivity contribution is 7.88. The molecule has 1 aromatic rings. The molecule has 1 aliphatic carbocycles. The van der Waals surface area contributed by atoms with Crippen molar-refractivity contribution in [1.29, 1.82) is 0 Å². The lowest BCUT2D eigenvalue weighted by molar-refractivity contribution is 0.0520. The highest BCUT2D eigenvalue weighted by Gasteiger charge is 2.33. The maximum Gasteiger partial charge on any atom is 0.253 e. The molecule has 7 heteroatoms. The highest BCUT2D eigenvalue weighted by Crippen LogP contribution is 2.36. The second kappa shape index (κ2) is 8.64. The van der Waals surface area contributed by atoms with Crippen LogP contribution in [0.25, 0.3) is 0 Å². The SMILES string of the molecule is CS(=O)(=O)N1CCC(Oc2cccc(C(=O)N3CC[C@@H]4CCCC[C@H]4C3)c2)CC1. The second-order valence-corrected chi connectivity index (χ2v) is 10.8. The van der Waals surface area contributed by atoms with Crippen molar-refractivity contribution in [2.75, 3.05) is 32.4 Å². The van der Waals surface area contributed by atoms with Crippen molar-refractivity contribution in [2.45, 2.75) is 51.0 Å². The summed E-state index contributed by atoms with van der Waals surface area (Å²) < 4.78 is 30.9. The number of ether oxygens (including phenoxy) is 1. The van der Waals surface area contributed by atoms with E-state index in [0.29, 0.717) is 43.2 Å². The Morgan fingerprint density at radius 1 is 1.00 bits per heavy atom. The van der Waals surface area contributed by atoms with Crippen LogP contribution in [-0.2, 0) is 10.0 Å². The lowest BCUT2D eigenvalue weighted by Crippen LogP contribution is -2.44. The standard InChI is InChI=1S/C22H32N2O4S/c1-29(26,27)24-13-10-20(11-14-24)28-21-8-4-7-18(15-21)22(25)23-12-9-17-5-2-3-6-19(17)16-23/h4,7-8,15,17,19-20H,2-3,5-6,9-14,16H2,1H3/t17-,19-/m0/s1. The summed E-state index contributed by atoms with van der Waals surface area (Å²) in [6.07, 6.45) is 8.92. The normalized spacial score (nSPS) is 26.7. The molecule has 2 saturated heterocycles. The van der Waals surface area contributed by atoms with Crippen molar-refractivity contribution in [3.8, 4) is 5.75 Å². The zero-order chi connectivity index (χ0) is 20.4. The first-order valence-corrected chi connectivity index (χ1v) is 12.8. The van der Waals surface area contributed by atoms with Gasteiger partial charge < -0.3 is 9.64 Å². The number of amides is 1. The molecule has 1 saturated carbocycles. The van der Waals surface area contributed by atoms with Gasteiger partial charge in [0.2, 0.25) is 10.0 Å². The van der Waals surface area contributed by atoms with E-state index in [1.165, 1.54) is 36.2 Å². The van der Waals surface area contributed by atoms with E-state index >= 15 is 0 Å². The number of piperidine rings is 2. The van der Waals surface area contributed by atoms with Crippen LogP contribution in [0.15, 0.2) is 24.3 Å². The van der Waals surface area contributed by atoms with Gasteiger partial charge in [0.05, 0.1) is 6.26 Å². The van der Waals surface area contributed by atoms with Gasteiger partial charge in [-0.15, -0.1) is 0 Å². The number of likely N-dealkylation sites (tertiary alicyclic amines) is 1. The fourth-order valence-electron chi connectivity index (χ4n) is 5.14. The number of hydrogen-bond acceptors (Lipinski definition) is 4. The van der Waals surface area contributed by atoms with E-state index in [-0.39, 0.29) is 12.0 Å². The third-order valence-corrected chi connectivity index (χ3v) is 8.14. The van der Waals surface area contributed by atoms with Crippen LogP contribution in [-0.4, -0.2) is 62.1 Å². The van der Waals surface area contributed by atoms with E-state index in [0.717, 1.165) is 25.4 Å². The minimum Gasteiger partial charge on any atom is -0.490 e. The molecule has 3 fully saturated rings. The van der Waals surface area contributed by atoms with Crippen LogP contribution in [0.3, 0.4) is 0 Å². The molecule has 6 nitrogen and oxygen atoms in total. The van der Waals surface area contributed by atoms with Crippen LogP contribution in [0.2, 0.25) is 0 Å². The van der Waals surface area contributed by atoms with Gasteiger partial charge in [-0.25, -0.2) is 12.7 Å². The largest absolute Gasteiger partial charge is 0.490 e. The number of hydrogen-bond donors (Lipinski definition) is 0. The number of fused-ring (bicyclic) bond motifs is 1. The summed E-state index contributed by atoms with van der Waals surface area (Å²) in [6, 6.07) is 7.47. The molecule has 160 valence electrons. The van der Waals surface area contributed by atoms with Gasteiger partial charge >= 0.3 is 0 Å². The number of nitrogens with zero attached hydrogens (tertiary/aromatic N) is 2. The monoisotopic (exact) mass is 420 g/mol. The summed E-state index contributed by atoms with van der Waals surface area (Å²) in [7, 11) is -3.13. The summed E-state index contributed by atoms with van der Waals surface area (Å²) in [5, 5.41) is 0. The molecule has 0 unspecified atom stereocenters. The van der Waals surface area contributed by atoms with Crippen LogP contribution in [0, 0.1) is 11.8 Å². The van der Waals surface area contributed by atoms with Gasteiger partial charge in [-0.3, -0.25) is 4.79 Å². The maximum atomic E-state index is 13.1.